The molecule has 0 saturated heterocycles. The molecule has 0 aliphatic heterocycles. The molecule has 19 heavy (non-hydrogen) atoms. The minimum atomic E-state index is -0.0774. The zero-order valence-electron chi connectivity index (χ0n) is 10.7. The summed E-state index contributed by atoms with van der Waals surface area (Å²) in [6.07, 6.45) is 9.86. The van der Waals surface area contributed by atoms with Crippen molar-refractivity contribution >= 4 is 5.78 Å². The first-order chi connectivity index (χ1) is 9.33. The Hall–Kier alpha value is -1.98. The van der Waals surface area contributed by atoms with Gasteiger partial charge in [-0.25, -0.2) is 4.98 Å². The fraction of sp³-hybridized carbons (Fsp3) is 0.538. The Morgan fingerprint density at radius 1 is 1.37 bits per heavy atom. The van der Waals surface area contributed by atoms with Crippen molar-refractivity contribution in [3.05, 3.63) is 30.1 Å². The van der Waals surface area contributed by atoms with Crippen LogP contribution in [0.1, 0.15) is 54.5 Å². The highest BCUT2D eigenvalue weighted by Crippen LogP contribution is 2.27. The molecule has 0 spiro atoms. The Bertz CT molecular complexity index is 539. The van der Waals surface area contributed by atoms with Crippen LogP contribution >= 0.6 is 0 Å². The van der Waals surface area contributed by atoms with E-state index in [1.165, 1.54) is 38.4 Å². The van der Waals surface area contributed by atoms with Gasteiger partial charge in [0.15, 0.2) is 5.82 Å². The standard InChI is InChI=1S/C13H17N5O/c19-12(13-14-9-15-16-13)8-10-6-7-18(17-10)11-4-2-1-3-5-11/h6-7,9,11H,1-5,8H2,(H,14,15,16). The molecule has 1 saturated carbocycles. The lowest BCUT2D eigenvalue weighted by Gasteiger charge is -2.21. The van der Waals surface area contributed by atoms with Crippen LogP contribution in [0.4, 0.5) is 0 Å². The third-order valence-corrected chi connectivity index (χ3v) is 3.63. The maximum absolute atomic E-state index is 11.9. The van der Waals surface area contributed by atoms with Crippen LogP contribution in [0.25, 0.3) is 0 Å². The molecule has 1 fully saturated rings. The number of hydrogen-bond acceptors (Lipinski definition) is 4. The van der Waals surface area contributed by atoms with Gasteiger partial charge >= 0.3 is 0 Å². The lowest BCUT2D eigenvalue weighted by molar-refractivity contribution is 0.0982. The monoisotopic (exact) mass is 259 g/mol. The fourth-order valence-corrected chi connectivity index (χ4v) is 2.61. The Labute approximate surface area is 111 Å². The number of nitrogens with one attached hydrogen (secondary N) is 1. The summed E-state index contributed by atoms with van der Waals surface area (Å²) in [6, 6.07) is 2.42. The molecule has 0 aromatic carbocycles. The first-order valence-corrected chi connectivity index (χ1v) is 6.75. The highest BCUT2D eigenvalue weighted by atomic mass is 16.1. The number of carbonyl (C=O) groups is 1. The van der Waals surface area contributed by atoms with Crippen molar-refractivity contribution in [2.45, 2.75) is 44.6 Å². The molecule has 0 unspecified atom stereocenters. The number of Topliss-reactive ketones (excluding diaryl/α,β-unsaturated/α-hetero) is 1. The number of rotatable bonds is 4. The van der Waals surface area contributed by atoms with Gasteiger partial charge in [-0.2, -0.15) is 10.2 Å². The van der Waals surface area contributed by atoms with Crippen molar-refractivity contribution in [2.24, 2.45) is 0 Å². The van der Waals surface area contributed by atoms with Gasteiger partial charge in [0.05, 0.1) is 18.2 Å². The molecular weight excluding hydrogens is 242 g/mol. The van der Waals surface area contributed by atoms with Crippen LogP contribution in [0.3, 0.4) is 0 Å². The zero-order chi connectivity index (χ0) is 13.1. The molecule has 2 aromatic rings. The van der Waals surface area contributed by atoms with Gasteiger partial charge in [0.1, 0.15) is 6.33 Å². The van der Waals surface area contributed by atoms with E-state index in [9.17, 15) is 4.79 Å². The number of carbonyl (C=O) groups excluding carboxylic acids is 1. The first-order valence-electron chi connectivity index (χ1n) is 6.75. The Morgan fingerprint density at radius 2 is 2.21 bits per heavy atom. The maximum atomic E-state index is 11.9. The average Bonchev–Trinajstić information content (AvgIpc) is 3.11. The lowest BCUT2D eigenvalue weighted by atomic mass is 9.96. The molecule has 0 amide bonds. The molecule has 1 aliphatic carbocycles. The molecule has 100 valence electrons. The largest absolute Gasteiger partial charge is 0.290 e. The van der Waals surface area contributed by atoms with Crippen LogP contribution in [0.5, 0.6) is 0 Å². The summed E-state index contributed by atoms with van der Waals surface area (Å²) in [5, 5.41) is 10.8. The normalized spacial score (nSPS) is 16.6. The topological polar surface area (TPSA) is 76.5 Å². The van der Waals surface area contributed by atoms with Crippen LogP contribution in [0, 0.1) is 0 Å². The summed E-state index contributed by atoms with van der Waals surface area (Å²) in [5.41, 5.74) is 0.798. The molecule has 1 N–H and O–H groups in total. The summed E-state index contributed by atoms with van der Waals surface area (Å²) in [4.78, 5) is 15.7. The van der Waals surface area contributed by atoms with Crippen molar-refractivity contribution in [1.82, 2.24) is 25.0 Å². The summed E-state index contributed by atoms with van der Waals surface area (Å²) in [6.45, 7) is 0. The third kappa shape index (κ3) is 2.72. The number of hydrogen-bond donors (Lipinski definition) is 1. The number of H-pyrrole nitrogens is 1. The fourth-order valence-electron chi connectivity index (χ4n) is 2.61. The van der Waals surface area contributed by atoms with Crippen molar-refractivity contribution < 1.29 is 4.79 Å². The SMILES string of the molecule is O=C(Cc1ccn(C2CCCCC2)n1)c1ncn[nH]1. The summed E-state index contributed by atoms with van der Waals surface area (Å²) in [7, 11) is 0. The van der Waals surface area contributed by atoms with E-state index in [-0.39, 0.29) is 12.2 Å². The molecule has 6 nitrogen and oxygen atoms in total. The second kappa shape index (κ2) is 5.34. The summed E-state index contributed by atoms with van der Waals surface area (Å²) in [5.74, 6) is 0.221. The van der Waals surface area contributed by atoms with E-state index in [2.05, 4.69) is 20.3 Å². The number of ketones is 1. The Balaban J connectivity index is 1.66. The number of aromatic amines is 1. The minimum absolute atomic E-state index is 0.0774. The van der Waals surface area contributed by atoms with E-state index >= 15 is 0 Å². The van der Waals surface area contributed by atoms with E-state index in [1.54, 1.807) is 0 Å². The van der Waals surface area contributed by atoms with Gasteiger partial charge in [0.25, 0.3) is 0 Å². The van der Waals surface area contributed by atoms with Gasteiger partial charge in [0.2, 0.25) is 5.78 Å². The van der Waals surface area contributed by atoms with Gasteiger partial charge < -0.3 is 0 Å². The molecule has 0 atom stereocenters. The van der Waals surface area contributed by atoms with Gasteiger partial charge in [-0.15, -0.1) is 0 Å². The van der Waals surface area contributed by atoms with E-state index < -0.39 is 0 Å². The highest BCUT2D eigenvalue weighted by Gasteiger charge is 2.17. The number of aromatic nitrogens is 5. The van der Waals surface area contributed by atoms with Gasteiger partial charge in [0, 0.05) is 6.20 Å². The predicted molar refractivity (Wildman–Crippen MR) is 68.8 cm³/mol. The summed E-state index contributed by atoms with van der Waals surface area (Å²) >= 11 is 0. The quantitative estimate of drug-likeness (QED) is 0.851. The van der Waals surface area contributed by atoms with E-state index in [4.69, 9.17) is 0 Å². The molecule has 0 bridgehead atoms. The molecular formula is C13H17N5O. The van der Waals surface area contributed by atoms with Crippen LogP contribution < -0.4 is 0 Å². The minimum Gasteiger partial charge on any atom is -0.290 e. The maximum Gasteiger partial charge on any atom is 0.205 e. The van der Waals surface area contributed by atoms with E-state index in [1.807, 2.05) is 16.9 Å². The molecule has 6 heteroatoms. The van der Waals surface area contributed by atoms with E-state index in [0.717, 1.165) is 5.69 Å². The molecule has 2 aromatic heterocycles. The molecule has 3 rings (SSSR count). The lowest BCUT2D eigenvalue weighted by Crippen LogP contribution is -2.14. The zero-order valence-corrected chi connectivity index (χ0v) is 10.7. The van der Waals surface area contributed by atoms with Crippen LogP contribution in [0.2, 0.25) is 0 Å². The van der Waals surface area contributed by atoms with Crippen molar-refractivity contribution in [2.75, 3.05) is 0 Å². The van der Waals surface area contributed by atoms with Gasteiger partial charge in [-0.1, -0.05) is 19.3 Å². The predicted octanol–water partition coefficient (Wildman–Crippen LogP) is 1.93. The Kier molecular flexibility index (Phi) is 3.39. The number of nitrogens with zero attached hydrogens (tertiary/aromatic N) is 4. The summed E-state index contributed by atoms with van der Waals surface area (Å²) < 4.78 is 2.02. The Morgan fingerprint density at radius 3 is 2.95 bits per heavy atom. The van der Waals surface area contributed by atoms with E-state index in [0.29, 0.717) is 11.9 Å². The smallest absolute Gasteiger partial charge is 0.205 e. The van der Waals surface area contributed by atoms with Gasteiger partial charge in [-0.05, 0) is 18.9 Å². The third-order valence-electron chi connectivity index (χ3n) is 3.63. The molecule has 0 radical (unpaired) electrons. The molecule has 1 aliphatic rings. The molecule has 2 heterocycles. The first kappa shape index (κ1) is 12.1. The second-order valence-electron chi connectivity index (χ2n) is 5.01. The van der Waals surface area contributed by atoms with Gasteiger partial charge in [-0.3, -0.25) is 14.6 Å². The highest BCUT2D eigenvalue weighted by molar-refractivity contribution is 5.93. The van der Waals surface area contributed by atoms with Crippen molar-refractivity contribution in [3.63, 3.8) is 0 Å². The second-order valence-corrected chi connectivity index (χ2v) is 5.01. The van der Waals surface area contributed by atoms with Crippen molar-refractivity contribution in [1.29, 1.82) is 0 Å². The average molecular weight is 259 g/mol. The van der Waals surface area contributed by atoms with Crippen LogP contribution in [-0.2, 0) is 6.42 Å². The van der Waals surface area contributed by atoms with Crippen LogP contribution in [0.15, 0.2) is 18.6 Å². The van der Waals surface area contributed by atoms with Crippen molar-refractivity contribution in [3.8, 4) is 0 Å². The van der Waals surface area contributed by atoms with Crippen LogP contribution in [-0.4, -0.2) is 30.7 Å².